The van der Waals surface area contributed by atoms with Gasteiger partial charge in [0.15, 0.2) is 0 Å². The van der Waals surface area contributed by atoms with Gasteiger partial charge < -0.3 is 9.59 Å². The smallest absolute Gasteiger partial charge is 0.123 e. The molecule has 0 aromatic heterocycles. The van der Waals surface area contributed by atoms with Crippen molar-refractivity contribution in [2.75, 3.05) is 0 Å². The first-order chi connectivity index (χ1) is 6.76. The molecule has 2 atom stereocenters. The number of rotatable bonds is 9. The Bertz CT molecular complexity index is 154. The fourth-order valence-corrected chi connectivity index (χ4v) is 1.54. The van der Waals surface area contributed by atoms with Crippen molar-refractivity contribution in [2.45, 2.75) is 52.4 Å². The van der Waals surface area contributed by atoms with Crippen LogP contribution in [0, 0.1) is 11.8 Å². The highest BCUT2D eigenvalue weighted by Crippen LogP contribution is 2.16. The minimum absolute atomic E-state index is 0.0610. The molecule has 2 heteroatoms. The van der Waals surface area contributed by atoms with Gasteiger partial charge in [-0.15, -0.1) is 0 Å². The van der Waals surface area contributed by atoms with Gasteiger partial charge in [0.2, 0.25) is 0 Å². The number of unbranched alkanes of at least 4 members (excludes halogenated alkanes) is 4. The average molecular weight is 198 g/mol. The van der Waals surface area contributed by atoms with Crippen molar-refractivity contribution in [3.63, 3.8) is 0 Å². The highest BCUT2D eigenvalue weighted by atomic mass is 16.1. The summed E-state index contributed by atoms with van der Waals surface area (Å²) in [6.07, 6.45) is 8.69. The van der Waals surface area contributed by atoms with Gasteiger partial charge in [-0.2, -0.15) is 0 Å². The largest absolute Gasteiger partial charge is 0.303 e. The standard InChI is InChI=1S/C12H22O2/c1-3-4-5-6-7-8-12(10-14)11(2)9-13/h9-12H,3-8H2,1-2H3. The average Bonchev–Trinajstić information content (AvgIpc) is 2.22. The van der Waals surface area contributed by atoms with Gasteiger partial charge in [0.1, 0.15) is 12.6 Å². The normalized spacial score (nSPS) is 14.7. The molecule has 0 heterocycles. The minimum Gasteiger partial charge on any atom is -0.303 e. The van der Waals surface area contributed by atoms with Crippen molar-refractivity contribution in [3.8, 4) is 0 Å². The van der Waals surface area contributed by atoms with E-state index >= 15 is 0 Å². The summed E-state index contributed by atoms with van der Waals surface area (Å²) in [5.41, 5.74) is 0. The van der Waals surface area contributed by atoms with Crippen LogP contribution in [0.5, 0.6) is 0 Å². The summed E-state index contributed by atoms with van der Waals surface area (Å²) in [6.45, 7) is 4.00. The van der Waals surface area contributed by atoms with E-state index < -0.39 is 0 Å². The summed E-state index contributed by atoms with van der Waals surface area (Å²) >= 11 is 0. The van der Waals surface area contributed by atoms with Crippen LogP contribution in [0.4, 0.5) is 0 Å². The van der Waals surface area contributed by atoms with Crippen molar-refractivity contribution < 1.29 is 9.59 Å². The van der Waals surface area contributed by atoms with Gasteiger partial charge in [0.25, 0.3) is 0 Å². The molecule has 0 saturated carbocycles. The molecular formula is C12H22O2. The molecule has 2 unspecified atom stereocenters. The number of aldehydes is 2. The Hall–Kier alpha value is -0.660. The topological polar surface area (TPSA) is 34.1 Å². The lowest BCUT2D eigenvalue weighted by molar-refractivity contribution is -0.119. The molecule has 0 fully saturated rings. The molecule has 14 heavy (non-hydrogen) atoms. The maximum atomic E-state index is 10.7. The zero-order valence-electron chi connectivity index (χ0n) is 9.37. The molecule has 0 amide bonds. The molecule has 0 bridgehead atoms. The molecule has 0 spiro atoms. The van der Waals surface area contributed by atoms with Gasteiger partial charge in [-0.05, 0) is 6.42 Å². The fraction of sp³-hybridized carbons (Fsp3) is 0.833. The molecule has 0 N–H and O–H groups in total. The van der Waals surface area contributed by atoms with Crippen LogP contribution in [0.1, 0.15) is 52.4 Å². The van der Waals surface area contributed by atoms with Gasteiger partial charge in [-0.25, -0.2) is 0 Å². The van der Waals surface area contributed by atoms with Crippen LogP contribution in [-0.2, 0) is 9.59 Å². The number of carbonyl (C=O) groups is 2. The summed E-state index contributed by atoms with van der Waals surface area (Å²) in [5.74, 6) is -0.173. The van der Waals surface area contributed by atoms with Crippen LogP contribution in [0.3, 0.4) is 0 Å². The Kier molecular flexibility index (Phi) is 8.50. The third-order valence-corrected chi connectivity index (χ3v) is 2.71. The summed E-state index contributed by atoms with van der Waals surface area (Å²) in [6, 6.07) is 0. The maximum absolute atomic E-state index is 10.7. The van der Waals surface area contributed by atoms with Crippen molar-refractivity contribution in [1.82, 2.24) is 0 Å². The van der Waals surface area contributed by atoms with E-state index in [1.807, 2.05) is 6.92 Å². The molecule has 0 rings (SSSR count). The number of hydrogen-bond donors (Lipinski definition) is 0. The van der Waals surface area contributed by atoms with Crippen LogP contribution in [0.2, 0.25) is 0 Å². The summed E-state index contributed by atoms with van der Waals surface area (Å²) in [4.78, 5) is 21.1. The Morgan fingerprint density at radius 1 is 1.00 bits per heavy atom. The second-order valence-electron chi connectivity index (χ2n) is 4.00. The first-order valence-electron chi connectivity index (χ1n) is 5.66. The first kappa shape index (κ1) is 13.3. The molecule has 0 radical (unpaired) electrons. The SMILES string of the molecule is CCCCCCCC(C=O)C(C)C=O. The maximum Gasteiger partial charge on any atom is 0.123 e. The molecular weight excluding hydrogens is 176 g/mol. The zero-order valence-corrected chi connectivity index (χ0v) is 9.37. The van der Waals surface area contributed by atoms with E-state index in [4.69, 9.17) is 0 Å². The molecule has 0 aliphatic carbocycles. The van der Waals surface area contributed by atoms with E-state index in [1.165, 1.54) is 25.7 Å². The molecule has 0 aromatic rings. The quantitative estimate of drug-likeness (QED) is 0.421. The molecule has 0 aliphatic heterocycles. The van der Waals surface area contributed by atoms with Crippen LogP contribution in [-0.4, -0.2) is 12.6 Å². The Labute approximate surface area is 87.1 Å². The zero-order chi connectivity index (χ0) is 10.8. The van der Waals surface area contributed by atoms with Crippen LogP contribution in [0.25, 0.3) is 0 Å². The van der Waals surface area contributed by atoms with Gasteiger partial charge in [0, 0.05) is 11.8 Å². The summed E-state index contributed by atoms with van der Waals surface area (Å²) < 4.78 is 0. The van der Waals surface area contributed by atoms with E-state index in [-0.39, 0.29) is 11.8 Å². The molecule has 0 aromatic carbocycles. The molecule has 0 saturated heterocycles. The minimum atomic E-state index is -0.112. The van der Waals surface area contributed by atoms with E-state index in [2.05, 4.69) is 6.92 Å². The summed E-state index contributed by atoms with van der Waals surface area (Å²) in [7, 11) is 0. The van der Waals surface area contributed by atoms with Crippen LogP contribution in [0.15, 0.2) is 0 Å². The third kappa shape index (κ3) is 5.90. The molecule has 0 aliphatic rings. The number of hydrogen-bond acceptors (Lipinski definition) is 2. The van der Waals surface area contributed by atoms with Crippen molar-refractivity contribution in [2.24, 2.45) is 11.8 Å². The van der Waals surface area contributed by atoms with Crippen molar-refractivity contribution in [1.29, 1.82) is 0 Å². The monoisotopic (exact) mass is 198 g/mol. The van der Waals surface area contributed by atoms with Gasteiger partial charge in [-0.3, -0.25) is 0 Å². The van der Waals surface area contributed by atoms with Gasteiger partial charge in [0.05, 0.1) is 0 Å². The van der Waals surface area contributed by atoms with Crippen LogP contribution < -0.4 is 0 Å². The highest BCUT2D eigenvalue weighted by Gasteiger charge is 2.14. The lowest BCUT2D eigenvalue weighted by atomic mass is 9.91. The van der Waals surface area contributed by atoms with Gasteiger partial charge >= 0.3 is 0 Å². The Morgan fingerprint density at radius 2 is 1.64 bits per heavy atom. The van der Waals surface area contributed by atoms with Crippen molar-refractivity contribution in [3.05, 3.63) is 0 Å². The predicted molar refractivity (Wildman–Crippen MR) is 58.2 cm³/mol. The summed E-state index contributed by atoms with van der Waals surface area (Å²) in [5, 5.41) is 0. The lowest BCUT2D eigenvalue weighted by Crippen LogP contribution is -2.14. The van der Waals surface area contributed by atoms with Crippen LogP contribution >= 0.6 is 0 Å². The first-order valence-corrected chi connectivity index (χ1v) is 5.66. The second-order valence-corrected chi connectivity index (χ2v) is 4.00. The second kappa shape index (κ2) is 8.92. The molecule has 2 nitrogen and oxygen atoms in total. The Morgan fingerprint density at radius 3 is 2.14 bits per heavy atom. The Balaban J connectivity index is 3.52. The van der Waals surface area contributed by atoms with Gasteiger partial charge in [-0.1, -0.05) is 46.0 Å². The third-order valence-electron chi connectivity index (χ3n) is 2.71. The van der Waals surface area contributed by atoms with E-state index in [1.54, 1.807) is 0 Å². The van der Waals surface area contributed by atoms with Crippen molar-refractivity contribution >= 4 is 12.6 Å². The fourth-order valence-electron chi connectivity index (χ4n) is 1.54. The van der Waals surface area contributed by atoms with E-state index in [0.717, 1.165) is 25.4 Å². The predicted octanol–water partition coefficient (Wildman–Crippen LogP) is 3.00. The van der Waals surface area contributed by atoms with E-state index in [9.17, 15) is 9.59 Å². The molecule has 82 valence electrons. The van der Waals surface area contributed by atoms with E-state index in [0.29, 0.717) is 0 Å². The lowest BCUT2D eigenvalue weighted by Gasteiger charge is -2.12. The highest BCUT2D eigenvalue weighted by molar-refractivity contribution is 5.64. The number of carbonyl (C=O) groups excluding carboxylic acids is 2.